The molecule has 0 bridgehead atoms. The van der Waals surface area contributed by atoms with Crippen LogP contribution >= 0.6 is 11.8 Å². The molecule has 0 aromatic heterocycles. The van der Waals surface area contributed by atoms with E-state index in [1.54, 1.807) is 12.1 Å². The van der Waals surface area contributed by atoms with E-state index in [4.69, 9.17) is 0 Å². The number of amides is 1. The average Bonchev–Trinajstić information content (AvgIpc) is 2.36. The van der Waals surface area contributed by atoms with Crippen molar-refractivity contribution < 1.29 is 9.59 Å². The quantitative estimate of drug-likeness (QED) is 0.624. The summed E-state index contributed by atoms with van der Waals surface area (Å²) in [6, 6.07) is 7.23. The van der Waals surface area contributed by atoms with Crippen molar-refractivity contribution in [3.8, 4) is 0 Å². The molecule has 1 N–H and O–H groups in total. The first-order valence-electron chi connectivity index (χ1n) is 5.67. The van der Waals surface area contributed by atoms with Gasteiger partial charge in [-0.15, -0.1) is 11.8 Å². The fraction of sp³-hybridized carbons (Fsp3) is 0.385. The lowest BCUT2D eigenvalue weighted by Gasteiger charge is -2.11. The number of benzene rings is 1. The van der Waals surface area contributed by atoms with E-state index in [-0.39, 0.29) is 11.2 Å². The molecule has 3 nitrogen and oxygen atoms in total. The van der Waals surface area contributed by atoms with E-state index < -0.39 is 0 Å². The lowest BCUT2D eigenvalue weighted by molar-refractivity contribution is -0.120. The van der Waals surface area contributed by atoms with Gasteiger partial charge in [-0.3, -0.25) is 9.59 Å². The molecule has 17 heavy (non-hydrogen) atoms. The van der Waals surface area contributed by atoms with Crippen LogP contribution in [0, 0.1) is 0 Å². The maximum atomic E-state index is 11.6. The van der Waals surface area contributed by atoms with Crippen LogP contribution in [0.25, 0.3) is 0 Å². The molecule has 1 rings (SSSR count). The van der Waals surface area contributed by atoms with Crippen LogP contribution in [0.15, 0.2) is 29.2 Å². The highest BCUT2D eigenvalue weighted by Crippen LogP contribution is 2.23. The zero-order valence-corrected chi connectivity index (χ0v) is 10.9. The standard InChI is InChI=1S/C13H17NO2S/c1-3-8-14-13(16)10(2)17-12-6-4-11(9-15)5-7-12/h4-7,9-10H,3,8H2,1-2H3,(H,14,16). The van der Waals surface area contributed by atoms with Gasteiger partial charge >= 0.3 is 0 Å². The van der Waals surface area contributed by atoms with Gasteiger partial charge in [-0.1, -0.05) is 19.1 Å². The summed E-state index contributed by atoms with van der Waals surface area (Å²) in [4.78, 5) is 23.1. The molecular weight excluding hydrogens is 234 g/mol. The summed E-state index contributed by atoms with van der Waals surface area (Å²) < 4.78 is 0. The van der Waals surface area contributed by atoms with Gasteiger partial charge in [-0.05, 0) is 25.5 Å². The Balaban J connectivity index is 2.51. The zero-order chi connectivity index (χ0) is 12.7. The van der Waals surface area contributed by atoms with E-state index in [2.05, 4.69) is 5.32 Å². The van der Waals surface area contributed by atoms with Crippen LogP contribution in [0.4, 0.5) is 0 Å². The van der Waals surface area contributed by atoms with Crippen molar-refractivity contribution in [2.45, 2.75) is 30.4 Å². The molecule has 0 aliphatic rings. The van der Waals surface area contributed by atoms with E-state index >= 15 is 0 Å². The highest BCUT2D eigenvalue weighted by Gasteiger charge is 2.13. The Labute approximate surface area is 106 Å². The summed E-state index contributed by atoms with van der Waals surface area (Å²) in [5.74, 6) is 0.0521. The van der Waals surface area contributed by atoms with Crippen molar-refractivity contribution in [1.82, 2.24) is 5.32 Å². The third-order valence-corrected chi connectivity index (χ3v) is 3.36. The lowest BCUT2D eigenvalue weighted by Crippen LogP contribution is -2.31. The number of hydrogen-bond acceptors (Lipinski definition) is 3. The molecule has 1 atom stereocenters. The first-order chi connectivity index (χ1) is 8.17. The smallest absolute Gasteiger partial charge is 0.233 e. The molecule has 0 saturated carbocycles. The van der Waals surface area contributed by atoms with Gasteiger partial charge in [0, 0.05) is 17.0 Å². The Morgan fingerprint density at radius 2 is 2.06 bits per heavy atom. The van der Waals surface area contributed by atoms with Crippen LogP contribution in [0.3, 0.4) is 0 Å². The summed E-state index contributed by atoms with van der Waals surface area (Å²) in [5, 5.41) is 2.74. The molecule has 92 valence electrons. The summed E-state index contributed by atoms with van der Waals surface area (Å²) in [7, 11) is 0. The average molecular weight is 251 g/mol. The largest absolute Gasteiger partial charge is 0.355 e. The fourth-order valence-corrected chi connectivity index (χ4v) is 2.17. The Kier molecular flexibility index (Phi) is 5.77. The van der Waals surface area contributed by atoms with Crippen molar-refractivity contribution in [3.63, 3.8) is 0 Å². The summed E-state index contributed by atoms with van der Waals surface area (Å²) in [6.07, 6.45) is 1.75. The highest BCUT2D eigenvalue weighted by molar-refractivity contribution is 8.00. The predicted molar refractivity (Wildman–Crippen MR) is 70.4 cm³/mol. The van der Waals surface area contributed by atoms with E-state index in [1.807, 2.05) is 26.0 Å². The van der Waals surface area contributed by atoms with Gasteiger partial charge in [-0.2, -0.15) is 0 Å². The van der Waals surface area contributed by atoms with Gasteiger partial charge in [0.15, 0.2) is 0 Å². The second-order valence-electron chi connectivity index (χ2n) is 3.74. The van der Waals surface area contributed by atoms with E-state index in [9.17, 15) is 9.59 Å². The maximum absolute atomic E-state index is 11.6. The Bertz CT molecular complexity index is 376. The number of thioether (sulfide) groups is 1. The predicted octanol–water partition coefficient (Wildman–Crippen LogP) is 2.51. The number of hydrogen-bond donors (Lipinski definition) is 1. The van der Waals surface area contributed by atoms with E-state index in [0.717, 1.165) is 17.6 Å². The fourth-order valence-electron chi connectivity index (χ4n) is 1.27. The van der Waals surface area contributed by atoms with Crippen LogP contribution in [0.2, 0.25) is 0 Å². The van der Waals surface area contributed by atoms with E-state index in [0.29, 0.717) is 12.1 Å². The van der Waals surface area contributed by atoms with Crippen LogP contribution in [0.5, 0.6) is 0 Å². The zero-order valence-electron chi connectivity index (χ0n) is 10.1. The molecule has 1 amide bonds. The molecule has 0 fully saturated rings. The first-order valence-corrected chi connectivity index (χ1v) is 6.55. The van der Waals surface area contributed by atoms with Gasteiger partial charge in [0.25, 0.3) is 0 Å². The Morgan fingerprint density at radius 1 is 1.41 bits per heavy atom. The van der Waals surface area contributed by atoms with E-state index in [1.165, 1.54) is 11.8 Å². The molecule has 1 aromatic rings. The molecule has 1 unspecified atom stereocenters. The summed E-state index contributed by atoms with van der Waals surface area (Å²) >= 11 is 1.49. The first kappa shape index (κ1) is 13.8. The topological polar surface area (TPSA) is 46.2 Å². The van der Waals surface area contributed by atoms with Crippen LogP contribution in [-0.2, 0) is 4.79 Å². The molecule has 0 radical (unpaired) electrons. The monoisotopic (exact) mass is 251 g/mol. The number of rotatable bonds is 6. The maximum Gasteiger partial charge on any atom is 0.233 e. The van der Waals surface area contributed by atoms with Crippen LogP contribution < -0.4 is 5.32 Å². The Hall–Kier alpha value is -1.29. The molecule has 4 heteroatoms. The number of carbonyl (C=O) groups is 2. The van der Waals surface area contributed by atoms with Crippen molar-refractivity contribution in [2.75, 3.05) is 6.54 Å². The highest BCUT2D eigenvalue weighted by atomic mass is 32.2. The Morgan fingerprint density at radius 3 is 2.59 bits per heavy atom. The van der Waals surface area contributed by atoms with Crippen molar-refractivity contribution in [3.05, 3.63) is 29.8 Å². The molecule has 0 aliphatic heterocycles. The second kappa shape index (κ2) is 7.12. The third kappa shape index (κ3) is 4.61. The van der Waals surface area contributed by atoms with Crippen molar-refractivity contribution >= 4 is 24.0 Å². The normalized spacial score (nSPS) is 11.9. The van der Waals surface area contributed by atoms with Crippen molar-refractivity contribution in [1.29, 1.82) is 0 Å². The SMILES string of the molecule is CCCNC(=O)C(C)Sc1ccc(C=O)cc1. The summed E-state index contributed by atoms with van der Waals surface area (Å²) in [6.45, 7) is 4.62. The molecule has 0 heterocycles. The minimum absolute atomic E-state index is 0.0521. The summed E-state index contributed by atoms with van der Waals surface area (Å²) in [5.41, 5.74) is 0.650. The molecule has 1 aromatic carbocycles. The van der Waals surface area contributed by atoms with Gasteiger partial charge in [0.05, 0.1) is 5.25 Å². The molecule has 0 spiro atoms. The molecular formula is C13H17NO2S. The van der Waals surface area contributed by atoms with Gasteiger partial charge in [-0.25, -0.2) is 0 Å². The molecule has 0 aliphatic carbocycles. The molecule has 0 saturated heterocycles. The minimum Gasteiger partial charge on any atom is -0.355 e. The minimum atomic E-state index is -0.122. The number of nitrogens with one attached hydrogen (secondary N) is 1. The van der Waals surface area contributed by atoms with Crippen LogP contribution in [0.1, 0.15) is 30.6 Å². The lowest BCUT2D eigenvalue weighted by atomic mass is 10.2. The van der Waals surface area contributed by atoms with Gasteiger partial charge in [0.1, 0.15) is 6.29 Å². The van der Waals surface area contributed by atoms with Gasteiger partial charge < -0.3 is 5.32 Å². The van der Waals surface area contributed by atoms with Gasteiger partial charge in [0.2, 0.25) is 5.91 Å². The van der Waals surface area contributed by atoms with Crippen molar-refractivity contribution in [2.24, 2.45) is 0 Å². The third-order valence-electron chi connectivity index (χ3n) is 2.25. The second-order valence-corrected chi connectivity index (χ2v) is 5.15. The number of aldehydes is 1. The number of carbonyl (C=O) groups excluding carboxylic acids is 2. The van der Waals surface area contributed by atoms with Crippen LogP contribution in [-0.4, -0.2) is 24.0 Å².